The van der Waals surface area contributed by atoms with Crippen molar-refractivity contribution in [2.24, 2.45) is 11.8 Å². The number of anilines is 1. The average Bonchev–Trinajstić information content (AvgIpc) is 3.46. The Labute approximate surface area is 129 Å². The van der Waals surface area contributed by atoms with Crippen molar-refractivity contribution in [3.63, 3.8) is 0 Å². The number of carbonyl (C=O) groups excluding carboxylic acids is 1. The molecule has 0 N–H and O–H groups in total. The Bertz CT molecular complexity index is 635. The van der Waals surface area contributed by atoms with Gasteiger partial charge in [0.1, 0.15) is 6.07 Å². The number of hydrogen-bond acceptors (Lipinski definition) is 5. The third kappa shape index (κ3) is 2.35. The number of rotatable bonds is 3. The average molecular weight is 300 g/mol. The molecule has 1 saturated heterocycles. The summed E-state index contributed by atoms with van der Waals surface area (Å²) in [6.07, 6.45) is 3.24. The van der Waals surface area contributed by atoms with E-state index in [2.05, 4.69) is 22.9 Å². The molecular formula is C16H20N4O2. The summed E-state index contributed by atoms with van der Waals surface area (Å²) in [5.41, 5.74) is 0.387. The van der Waals surface area contributed by atoms with Crippen LogP contribution in [-0.2, 0) is 4.79 Å². The summed E-state index contributed by atoms with van der Waals surface area (Å²) in [5, 5.41) is 9.25. The highest BCUT2D eigenvalue weighted by molar-refractivity contribution is 5.81. The minimum absolute atomic E-state index is 0.243. The number of nitriles is 1. The van der Waals surface area contributed by atoms with Gasteiger partial charge in [-0.25, -0.2) is 4.98 Å². The first-order chi connectivity index (χ1) is 10.7. The number of aromatic nitrogens is 1. The lowest BCUT2D eigenvalue weighted by molar-refractivity contribution is -0.133. The van der Waals surface area contributed by atoms with E-state index in [0.29, 0.717) is 61.4 Å². The second-order valence-electron chi connectivity index (χ2n) is 6.72. The number of carbonyl (C=O) groups is 1. The molecule has 0 unspecified atom stereocenters. The van der Waals surface area contributed by atoms with Crippen LogP contribution in [0.15, 0.2) is 4.42 Å². The zero-order valence-electron chi connectivity index (χ0n) is 12.8. The highest BCUT2D eigenvalue weighted by Gasteiger charge is 2.42. The van der Waals surface area contributed by atoms with Crippen molar-refractivity contribution in [2.75, 3.05) is 31.1 Å². The molecule has 2 saturated carbocycles. The van der Waals surface area contributed by atoms with E-state index in [0.717, 1.165) is 19.3 Å². The van der Waals surface area contributed by atoms with Gasteiger partial charge in [-0.1, -0.05) is 6.92 Å². The van der Waals surface area contributed by atoms with Crippen molar-refractivity contribution in [2.45, 2.75) is 32.1 Å². The molecular weight excluding hydrogens is 280 g/mol. The van der Waals surface area contributed by atoms with Crippen molar-refractivity contribution in [1.82, 2.24) is 9.88 Å². The van der Waals surface area contributed by atoms with Gasteiger partial charge < -0.3 is 14.2 Å². The van der Waals surface area contributed by atoms with Gasteiger partial charge in [0.2, 0.25) is 23.4 Å². The third-order valence-electron chi connectivity index (χ3n) is 4.96. The fourth-order valence-electron chi connectivity index (χ4n) is 3.15. The van der Waals surface area contributed by atoms with Gasteiger partial charge in [-0.2, -0.15) is 5.26 Å². The number of piperazine rings is 1. The molecule has 2 heterocycles. The van der Waals surface area contributed by atoms with E-state index >= 15 is 0 Å². The first kappa shape index (κ1) is 13.6. The Balaban J connectivity index is 1.43. The quantitative estimate of drug-likeness (QED) is 0.850. The second kappa shape index (κ2) is 5.01. The van der Waals surface area contributed by atoms with Gasteiger partial charge in [0, 0.05) is 38.0 Å². The Morgan fingerprint density at radius 2 is 2.00 bits per heavy atom. The van der Waals surface area contributed by atoms with Crippen molar-refractivity contribution < 1.29 is 9.21 Å². The van der Waals surface area contributed by atoms with Crippen LogP contribution < -0.4 is 4.90 Å². The number of oxazole rings is 1. The van der Waals surface area contributed by atoms with Crippen LogP contribution in [0.4, 0.5) is 5.88 Å². The smallest absolute Gasteiger partial charge is 0.234 e. The monoisotopic (exact) mass is 300 g/mol. The fraction of sp³-hybridized carbons (Fsp3) is 0.688. The van der Waals surface area contributed by atoms with E-state index in [4.69, 9.17) is 4.42 Å². The van der Waals surface area contributed by atoms with E-state index in [1.807, 2.05) is 4.90 Å². The molecule has 6 heteroatoms. The van der Waals surface area contributed by atoms with Crippen molar-refractivity contribution >= 4 is 11.8 Å². The maximum absolute atomic E-state index is 12.3. The van der Waals surface area contributed by atoms with Gasteiger partial charge >= 0.3 is 0 Å². The SMILES string of the molecule is C[C@H]1C[C@@H]1C(=O)N1CCN(c2oc(C3CC3)nc2C#N)CC1. The van der Waals surface area contributed by atoms with Crippen LogP contribution in [0.25, 0.3) is 0 Å². The fourth-order valence-corrected chi connectivity index (χ4v) is 3.15. The summed E-state index contributed by atoms with van der Waals surface area (Å²) in [6, 6.07) is 2.14. The van der Waals surface area contributed by atoms with Crippen LogP contribution in [0, 0.1) is 23.2 Å². The summed E-state index contributed by atoms with van der Waals surface area (Å²) in [5.74, 6) is 2.79. The highest BCUT2D eigenvalue weighted by Crippen LogP contribution is 2.42. The van der Waals surface area contributed by atoms with Crippen molar-refractivity contribution in [3.05, 3.63) is 11.6 Å². The molecule has 0 bridgehead atoms. The molecule has 0 spiro atoms. The zero-order chi connectivity index (χ0) is 15.3. The number of hydrogen-bond donors (Lipinski definition) is 0. The van der Waals surface area contributed by atoms with E-state index in [9.17, 15) is 10.1 Å². The molecule has 3 aliphatic rings. The van der Waals surface area contributed by atoms with E-state index in [-0.39, 0.29) is 5.92 Å². The molecule has 1 amide bonds. The normalized spacial score (nSPS) is 27.6. The largest absolute Gasteiger partial charge is 0.423 e. The molecule has 1 aliphatic heterocycles. The van der Waals surface area contributed by atoms with Crippen molar-refractivity contribution in [3.8, 4) is 6.07 Å². The first-order valence-corrected chi connectivity index (χ1v) is 8.12. The number of nitrogens with zero attached hydrogens (tertiary/aromatic N) is 4. The molecule has 1 aromatic heterocycles. The van der Waals surface area contributed by atoms with Crippen LogP contribution in [0.1, 0.15) is 43.7 Å². The van der Waals surface area contributed by atoms with Gasteiger partial charge in [0.25, 0.3) is 0 Å². The molecule has 3 fully saturated rings. The zero-order valence-corrected chi connectivity index (χ0v) is 12.8. The lowest BCUT2D eigenvalue weighted by Gasteiger charge is -2.34. The summed E-state index contributed by atoms with van der Waals surface area (Å²) in [4.78, 5) is 20.6. The maximum Gasteiger partial charge on any atom is 0.234 e. The minimum Gasteiger partial charge on any atom is -0.423 e. The standard InChI is InChI=1S/C16H20N4O2/c1-10-8-12(10)15(21)19-4-6-20(7-5-19)16-13(9-17)18-14(22-16)11-2-3-11/h10-12H,2-8H2,1H3/t10-,12-/m0/s1. The molecule has 6 nitrogen and oxygen atoms in total. The molecule has 2 atom stereocenters. The van der Waals surface area contributed by atoms with Crippen LogP contribution in [-0.4, -0.2) is 42.0 Å². The Hall–Kier alpha value is -2.03. The predicted octanol–water partition coefficient (Wildman–Crippen LogP) is 1.73. The Morgan fingerprint density at radius 1 is 1.32 bits per heavy atom. The summed E-state index contributed by atoms with van der Waals surface area (Å²) >= 11 is 0. The second-order valence-corrected chi connectivity index (χ2v) is 6.72. The van der Waals surface area contributed by atoms with Crippen molar-refractivity contribution in [1.29, 1.82) is 5.26 Å². The number of amides is 1. The van der Waals surface area contributed by atoms with Gasteiger partial charge in [-0.3, -0.25) is 4.79 Å². The highest BCUT2D eigenvalue weighted by atomic mass is 16.4. The predicted molar refractivity (Wildman–Crippen MR) is 79.3 cm³/mol. The van der Waals surface area contributed by atoms with E-state index < -0.39 is 0 Å². The van der Waals surface area contributed by atoms with Crippen LogP contribution >= 0.6 is 0 Å². The van der Waals surface area contributed by atoms with Gasteiger partial charge in [0.05, 0.1) is 0 Å². The molecule has 2 aliphatic carbocycles. The third-order valence-corrected chi connectivity index (χ3v) is 4.96. The molecule has 22 heavy (non-hydrogen) atoms. The lowest BCUT2D eigenvalue weighted by atomic mass is 10.2. The summed E-state index contributed by atoms with van der Waals surface area (Å²) in [6.45, 7) is 4.95. The molecule has 116 valence electrons. The van der Waals surface area contributed by atoms with Gasteiger partial charge in [-0.15, -0.1) is 0 Å². The first-order valence-electron chi connectivity index (χ1n) is 8.12. The molecule has 4 rings (SSSR count). The molecule has 1 aromatic rings. The Morgan fingerprint density at radius 3 is 2.55 bits per heavy atom. The maximum atomic E-state index is 12.3. The van der Waals surface area contributed by atoms with Gasteiger partial charge in [0.15, 0.2) is 0 Å². The summed E-state index contributed by atoms with van der Waals surface area (Å²) in [7, 11) is 0. The van der Waals surface area contributed by atoms with Gasteiger partial charge in [-0.05, 0) is 25.2 Å². The molecule has 0 aromatic carbocycles. The molecule has 0 radical (unpaired) electrons. The van der Waals surface area contributed by atoms with Crippen LogP contribution in [0.3, 0.4) is 0 Å². The minimum atomic E-state index is 0.243. The van der Waals surface area contributed by atoms with Crippen LogP contribution in [0.2, 0.25) is 0 Å². The summed E-state index contributed by atoms with van der Waals surface area (Å²) < 4.78 is 5.83. The van der Waals surface area contributed by atoms with Crippen LogP contribution in [0.5, 0.6) is 0 Å². The van der Waals surface area contributed by atoms with E-state index in [1.165, 1.54) is 0 Å². The van der Waals surface area contributed by atoms with E-state index in [1.54, 1.807) is 0 Å². The lowest BCUT2D eigenvalue weighted by Crippen LogP contribution is -2.49. The Kier molecular flexibility index (Phi) is 3.10. The topological polar surface area (TPSA) is 73.4 Å².